The Hall–Kier alpha value is -3.71. The molecule has 2 aliphatic heterocycles. The predicted octanol–water partition coefficient (Wildman–Crippen LogP) is 5.40. The Bertz CT molecular complexity index is 1260. The molecule has 198 valence electrons. The number of anilines is 1. The lowest BCUT2D eigenvalue weighted by molar-refractivity contribution is -0.117. The summed E-state index contributed by atoms with van der Waals surface area (Å²) < 4.78 is 25.7. The number of halogens is 1. The Balaban J connectivity index is 1.26. The van der Waals surface area contributed by atoms with E-state index in [4.69, 9.17) is 9.47 Å². The molecule has 38 heavy (non-hydrogen) atoms. The highest BCUT2D eigenvalue weighted by Crippen LogP contribution is 2.24. The van der Waals surface area contributed by atoms with Crippen molar-refractivity contribution in [3.63, 3.8) is 0 Å². The number of carbonyl (C=O) groups is 2. The minimum absolute atomic E-state index is 0.0145. The van der Waals surface area contributed by atoms with Crippen LogP contribution in [0.2, 0.25) is 0 Å². The van der Waals surface area contributed by atoms with E-state index < -0.39 is 0 Å². The van der Waals surface area contributed by atoms with Gasteiger partial charge < -0.3 is 19.3 Å². The normalized spacial score (nSPS) is 17.1. The highest BCUT2D eigenvalue weighted by atomic mass is 19.1. The number of nitrogens with zero attached hydrogens (tertiary/aromatic N) is 2. The minimum atomic E-state index is -0.229. The molecule has 0 aromatic heterocycles. The summed E-state index contributed by atoms with van der Waals surface area (Å²) in [7, 11) is 0. The van der Waals surface area contributed by atoms with Crippen LogP contribution in [-0.4, -0.2) is 49.1 Å². The fraction of sp³-hybridized carbons (Fsp3) is 0.355. The zero-order valence-corrected chi connectivity index (χ0v) is 21.5. The van der Waals surface area contributed by atoms with Crippen molar-refractivity contribution in [1.82, 2.24) is 4.90 Å². The number of carbonyl (C=O) groups excluding carboxylic acids is 2. The number of benzene rings is 3. The van der Waals surface area contributed by atoms with E-state index in [0.717, 1.165) is 43.7 Å². The molecule has 5 rings (SSSR count). The van der Waals surface area contributed by atoms with Crippen molar-refractivity contribution < 1.29 is 23.5 Å². The van der Waals surface area contributed by atoms with Gasteiger partial charge >= 0.3 is 0 Å². The number of hydrogen-bond donors (Lipinski definition) is 0. The van der Waals surface area contributed by atoms with Crippen LogP contribution < -0.4 is 9.64 Å². The average Bonchev–Trinajstić information content (AvgIpc) is 3.61. The largest absolute Gasteiger partial charge is 0.493 e. The van der Waals surface area contributed by atoms with Gasteiger partial charge in [-0.3, -0.25) is 9.59 Å². The molecular formula is C31H33FN2O4. The summed E-state index contributed by atoms with van der Waals surface area (Å²) in [5.74, 6) is 0.502. The first-order chi connectivity index (χ1) is 18.6. The maximum Gasteiger partial charge on any atom is 0.254 e. The number of amides is 2. The Morgan fingerprint density at radius 3 is 2.63 bits per heavy atom. The van der Waals surface area contributed by atoms with E-state index in [9.17, 15) is 14.0 Å². The lowest BCUT2D eigenvalue weighted by atomic mass is 10.1. The molecule has 7 heteroatoms. The zero-order valence-electron chi connectivity index (χ0n) is 21.5. The van der Waals surface area contributed by atoms with E-state index in [-0.39, 0.29) is 23.7 Å². The average molecular weight is 517 g/mol. The Kier molecular flexibility index (Phi) is 8.34. The number of rotatable bonds is 10. The summed E-state index contributed by atoms with van der Waals surface area (Å²) in [4.78, 5) is 29.3. The molecule has 0 spiro atoms. The number of ether oxygens (including phenoxy) is 2. The van der Waals surface area contributed by atoms with Crippen LogP contribution >= 0.6 is 0 Å². The second kappa shape index (κ2) is 12.2. The first-order valence-electron chi connectivity index (χ1n) is 13.3. The molecule has 3 aromatic rings. The third-order valence-corrected chi connectivity index (χ3v) is 7.10. The highest BCUT2D eigenvalue weighted by molar-refractivity contribution is 5.97. The van der Waals surface area contributed by atoms with Gasteiger partial charge in [0.05, 0.1) is 12.7 Å². The predicted molar refractivity (Wildman–Crippen MR) is 144 cm³/mol. The van der Waals surface area contributed by atoms with Crippen LogP contribution in [0, 0.1) is 5.82 Å². The van der Waals surface area contributed by atoms with E-state index in [1.54, 1.807) is 29.2 Å². The summed E-state index contributed by atoms with van der Waals surface area (Å²) in [5.41, 5.74) is 2.97. The summed E-state index contributed by atoms with van der Waals surface area (Å²) >= 11 is 0. The quantitative estimate of drug-likeness (QED) is 0.362. The zero-order chi connectivity index (χ0) is 26.3. The Labute approximate surface area is 223 Å². The van der Waals surface area contributed by atoms with Crippen LogP contribution in [0.15, 0.2) is 72.8 Å². The van der Waals surface area contributed by atoms with E-state index >= 15 is 0 Å². The molecule has 0 saturated carbocycles. The molecule has 0 bridgehead atoms. The second-order valence-electron chi connectivity index (χ2n) is 9.85. The SMILES string of the molecule is O=C(c1ccc(N2CCCC2=O)cc1)N(Cc1cccc(OCCc2ccccc2F)c1)CC1CCCO1. The lowest BCUT2D eigenvalue weighted by Gasteiger charge is -2.26. The van der Waals surface area contributed by atoms with Crippen molar-refractivity contribution >= 4 is 17.5 Å². The van der Waals surface area contributed by atoms with Gasteiger partial charge in [-0.05, 0) is 72.9 Å². The first kappa shape index (κ1) is 25.9. The molecule has 1 unspecified atom stereocenters. The fourth-order valence-corrected chi connectivity index (χ4v) is 5.08. The molecule has 2 aliphatic rings. The summed E-state index contributed by atoms with van der Waals surface area (Å²) in [6.07, 6.45) is 3.85. The van der Waals surface area contributed by atoms with Crippen LogP contribution in [0.5, 0.6) is 5.75 Å². The van der Waals surface area contributed by atoms with Gasteiger partial charge in [0.2, 0.25) is 5.91 Å². The summed E-state index contributed by atoms with van der Waals surface area (Å²) in [5, 5.41) is 0. The van der Waals surface area contributed by atoms with Gasteiger partial charge in [0.1, 0.15) is 11.6 Å². The van der Waals surface area contributed by atoms with Crippen LogP contribution in [-0.2, 0) is 22.5 Å². The smallest absolute Gasteiger partial charge is 0.254 e. The minimum Gasteiger partial charge on any atom is -0.493 e. The molecule has 2 fully saturated rings. The van der Waals surface area contributed by atoms with Gasteiger partial charge in [-0.2, -0.15) is 0 Å². The fourth-order valence-electron chi connectivity index (χ4n) is 5.08. The molecule has 2 amide bonds. The number of hydrogen-bond acceptors (Lipinski definition) is 4. The third-order valence-electron chi connectivity index (χ3n) is 7.10. The monoisotopic (exact) mass is 516 g/mol. The van der Waals surface area contributed by atoms with Gasteiger partial charge in [-0.25, -0.2) is 4.39 Å². The van der Waals surface area contributed by atoms with Crippen molar-refractivity contribution in [2.45, 2.75) is 44.8 Å². The molecule has 6 nitrogen and oxygen atoms in total. The van der Waals surface area contributed by atoms with Gasteiger partial charge in [-0.1, -0.05) is 30.3 Å². The van der Waals surface area contributed by atoms with Gasteiger partial charge in [0.25, 0.3) is 5.91 Å². The van der Waals surface area contributed by atoms with Crippen molar-refractivity contribution in [2.75, 3.05) is 31.2 Å². The Morgan fingerprint density at radius 1 is 1.05 bits per heavy atom. The molecule has 2 heterocycles. The van der Waals surface area contributed by atoms with Crippen LogP contribution in [0.4, 0.5) is 10.1 Å². The van der Waals surface area contributed by atoms with Gasteiger partial charge in [0.15, 0.2) is 0 Å². The van der Waals surface area contributed by atoms with Crippen LogP contribution in [0.3, 0.4) is 0 Å². The summed E-state index contributed by atoms with van der Waals surface area (Å²) in [6.45, 7) is 2.71. The standard InChI is InChI=1S/C31H33FN2O4/c32-29-10-2-1-7-24(29)16-19-38-27-8-3-6-23(20-27)21-33(22-28-9-5-18-37-28)31(36)25-12-14-26(15-13-25)34-17-4-11-30(34)35/h1-3,6-8,10,12-15,20,28H,4-5,9,11,16-19,21-22H2. The second-order valence-corrected chi connectivity index (χ2v) is 9.85. The molecule has 0 aliphatic carbocycles. The van der Waals surface area contributed by atoms with Crippen molar-refractivity contribution in [3.8, 4) is 5.75 Å². The van der Waals surface area contributed by atoms with Crippen LogP contribution in [0.25, 0.3) is 0 Å². The lowest BCUT2D eigenvalue weighted by Crippen LogP contribution is -2.37. The van der Waals surface area contributed by atoms with E-state index in [1.807, 2.05) is 47.4 Å². The Morgan fingerprint density at radius 2 is 1.89 bits per heavy atom. The van der Waals surface area contributed by atoms with E-state index in [2.05, 4.69) is 0 Å². The molecule has 1 atom stereocenters. The molecule has 0 radical (unpaired) electrons. The maximum absolute atomic E-state index is 13.9. The van der Waals surface area contributed by atoms with Crippen molar-refractivity contribution in [2.24, 2.45) is 0 Å². The molecule has 2 saturated heterocycles. The van der Waals surface area contributed by atoms with Crippen molar-refractivity contribution in [3.05, 3.63) is 95.3 Å². The molecular weight excluding hydrogens is 483 g/mol. The van der Waals surface area contributed by atoms with Crippen molar-refractivity contribution in [1.29, 1.82) is 0 Å². The van der Waals surface area contributed by atoms with Gasteiger partial charge in [-0.15, -0.1) is 0 Å². The summed E-state index contributed by atoms with van der Waals surface area (Å²) in [6, 6.07) is 21.7. The third kappa shape index (κ3) is 6.40. The first-order valence-corrected chi connectivity index (χ1v) is 13.3. The topological polar surface area (TPSA) is 59.1 Å². The highest BCUT2D eigenvalue weighted by Gasteiger charge is 2.25. The van der Waals surface area contributed by atoms with Crippen LogP contribution in [0.1, 0.15) is 47.2 Å². The maximum atomic E-state index is 13.9. The van der Waals surface area contributed by atoms with E-state index in [0.29, 0.717) is 49.4 Å². The molecule has 3 aromatic carbocycles. The van der Waals surface area contributed by atoms with Gasteiger partial charge in [0, 0.05) is 50.3 Å². The molecule has 0 N–H and O–H groups in total. The van der Waals surface area contributed by atoms with E-state index in [1.165, 1.54) is 6.07 Å².